The van der Waals surface area contributed by atoms with Gasteiger partial charge < -0.3 is 15.7 Å². The first-order valence-electron chi connectivity index (χ1n) is 6.69. The molecule has 3 N–H and O–H groups in total. The largest absolute Gasteiger partial charge is 0.392 e. The summed E-state index contributed by atoms with van der Waals surface area (Å²) < 4.78 is 0. The maximum Gasteiger partial charge on any atom is 0.243 e. The SMILES string of the molecule is Cc1c(Cl)cccc1NC(=O)CNc1cc(CO)ccc1Cl. The van der Waals surface area contributed by atoms with E-state index in [4.69, 9.17) is 28.3 Å². The normalized spacial score (nSPS) is 10.4. The zero-order valence-corrected chi connectivity index (χ0v) is 13.5. The molecule has 0 saturated heterocycles. The predicted molar refractivity (Wildman–Crippen MR) is 90.7 cm³/mol. The fourth-order valence-corrected chi connectivity index (χ4v) is 2.28. The summed E-state index contributed by atoms with van der Waals surface area (Å²) in [6, 6.07) is 10.4. The van der Waals surface area contributed by atoms with Gasteiger partial charge in [-0.2, -0.15) is 0 Å². The van der Waals surface area contributed by atoms with Crippen LogP contribution in [0.3, 0.4) is 0 Å². The molecule has 0 aliphatic heterocycles. The van der Waals surface area contributed by atoms with Crippen LogP contribution in [0.25, 0.3) is 0 Å². The zero-order valence-electron chi connectivity index (χ0n) is 12.0. The molecular weight excluding hydrogens is 323 g/mol. The molecule has 4 nitrogen and oxygen atoms in total. The van der Waals surface area contributed by atoms with Crippen LogP contribution in [-0.2, 0) is 11.4 Å². The van der Waals surface area contributed by atoms with Crippen LogP contribution in [-0.4, -0.2) is 17.6 Å². The topological polar surface area (TPSA) is 61.4 Å². The van der Waals surface area contributed by atoms with Gasteiger partial charge in [-0.15, -0.1) is 0 Å². The molecule has 0 bridgehead atoms. The van der Waals surface area contributed by atoms with E-state index in [-0.39, 0.29) is 19.1 Å². The van der Waals surface area contributed by atoms with E-state index in [9.17, 15) is 4.79 Å². The molecule has 6 heteroatoms. The van der Waals surface area contributed by atoms with Crippen molar-refractivity contribution in [2.45, 2.75) is 13.5 Å². The van der Waals surface area contributed by atoms with Crippen LogP contribution >= 0.6 is 23.2 Å². The first-order valence-corrected chi connectivity index (χ1v) is 7.45. The van der Waals surface area contributed by atoms with E-state index < -0.39 is 0 Å². The van der Waals surface area contributed by atoms with Crippen molar-refractivity contribution in [3.63, 3.8) is 0 Å². The number of rotatable bonds is 5. The number of aliphatic hydroxyl groups is 1. The van der Waals surface area contributed by atoms with Gasteiger partial charge in [0.2, 0.25) is 5.91 Å². The fraction of sp³-hybridized carbons (Fsp3) is 0.188. The molecule has 2 aromatic rings. The maximum atomic E-state index is 12.0. The number of carbonyl (C=O) groups is 1. The average molecular weight is 339 g/mol. The molecule has 22 heavy (non-hydrogen) atoms. The van der Waals surface area contributed by atoms with Gasteiger partial charge in [-0.1, -0.05) is 35.3 Å². The summed E-state index contributed by atoms with van der Waals surface area (Å²) in [6.07, 6.45) is 0. The lowest BCUT2D eigenvalue weighted by Crippen LogP contribution is -2.22. The van der Waals surface area contributed by atoms with E-state index in [0.29, 0.717) is 21.4 Å². The van der Waals surface area contributed by atoms with E-state index >= 15 is 0 Å². The molecule has 0 unspecified atom stereocenters. The minimum atomic E-state index is -0.212. The van der Waals surface area contributed by atoms with Crippen molar-refractivity contribution < 1.29 is 9.90 Å². The minimum Gasteiger partial charge on any atom is -0.392 e. The highest BCUT2D eigenvalue weighted by atomic mass is 35.5. The van der Waals surface area contributed by atoms with Crippen LogP contribution < -0.4 is 10.6 Å². The van der Waals surface area contributed by atoms with Gasteiger partial charge >= 0.3 is 0 Å². The lowest BCUT2D eigenvalue weighted by molar-refractivity contribution is -0.114. The Labute approximate surface area is 139 Å². The first-order chi connectivity index (χ1) is 10.5. The van der Waals surface area contributed by atoms with Gasteiger partial charge in [0, 0.05) is 10.7 Å². The van der Waals surface area contributed by atoms with Crippen LogP contribution in [0.2, 0.25) is 10.0 Å². The molecule has 0 aromatic heterocycles. The molecule has 0 atom stereocenters. The molecule has 2 rings (SSSR count). The van der Waals surface area contributed by atoms with E-state index in [2.05, 4.69) is 10.6 Å². The van der Waals surface area contributed by atoms with Crippen molar-refractivity contribution in [1.29, 1.82) is 0 Å². The monoisotopic (exact) mass is 338 g/mol. The van der Waals surface area contributed by atoms with Gasteiger partial charge in [0.25, 0.3) is 0 Å². The summed E-state index contributed by atoms with van der Waals surface area (Å²) in [5.74, 6) is -0.212. The second-order valence-corrected chi connectivity index (χ2v) is 5.60. The molecule has 0 radical (unpaired) electrons. The Morgan fingerprint density at radius 3 is 2.64 bits per heavy atom. The molecule has 0 spiro atoms. The molecule has 0 saturated carbocycles. The smallest absolute Gasteiger partial charge is 0.243 e. The van der Waals surface area contributed by atoms with Crippen LogP contribution in [0.1, 0.15) is 11.1 Å². The molecule has 0 aliphatic rings. The van der Waals surface area contributed by atoms with Gasteiger partial charge in [0.05, 0.1) is 23.9 Å². The highest BCUT2D eigenvalue weighted by Gasteiger charge is 2.08. The number of amides is 1. The van der Waals surface area contributed by atoms with Crippen molar-refractivity contribution in [3.05, 3.63) is 57.6 Å². The fourth-order valence-electron chi connectivity index (χ4n) is 1.92. The number of nitrogens with one attached hydrogen (secondary N) is 2. The lowest BCUT2D eigenvalue weighted by Gasteiger charge is -2.12. The highest BCUT2D eigenvalue weighted by Crippen LogP contribution is 2.24. The summed E-state index contributed by atoms with van der Waals surface area (Å²) >= 11 is 12.1. The standard InChI is InChI=1S/C16H16Cl2N2O2/c1-10-12(17)3-2-4-14(10)20-16(22)8-19-15-7-11(9-21)5-6-13(15)18/h2-7,19,21H,8-9H2,1H3,(H,20,22). The quantitative estimate of drug-likeness (QED) is 0.776. The number of carbonyl (C=O) groups excluding carboxylic acids is 1. The number of halogens is 2. The van der Waals surface area contributed by atoms with Crippen LogP contribution in [0.4, 0.5) is 11.4 Å². The second-order valence-electron chi connectivity index (χ2n) is 4.79. The van der Waals surface area contributed by atoms with Gasteiger partial charge in [0.15, 0.2) is 0 Å². The number of hydrogen-bond donors (Lipinski definition) is 3. The van der Waals surface area contributed by atoms with Crippen molar-refractivity contribution in [2.24, 2.45) is 0 Å². The molecule has 1 amide bonds. The van der Waals surface area contributed by atoms with Gasteiger partial charge in [-0.05, 0) is 42.3 Å². The number of anilines is 2. The van der Waals surface area contributed by atoms with E-state index in [1.807, 2.05) is 6.92 Å². The summed E-state index contributed by atoms with van der Waals surface area (Å²) in [5.41, 5.74) is 2.82. The van der Waals surface area contributed by atoms with Crippen molar-refractivity contribution >= 4 is 40.5 Å². The van der Waals surface area contributed by atoms with Crippen molar-refractivity contribution in [2.75, 3.05) is 17.2 Å². The van der Waals surface area contributed by atoms with Gasteiger partial charge in [0.1, 0.15) is 0 Å². The third-order valence-electron chi connectivity index (χ3n) is 3.19. The van der Waals surface area contributed by atoms with Gasteiger partial charge in [-0.25, -0.2) is 0 Å². The summed E-state index contributed by atoms with van der Waals surface area (Å²) in [6.45, 7) is 1.81. The van der Waals surface area contributed by atoms with E-state index in [0.717, 1.165) is 11.1 Å². The molecular formula is C16H16Cl2N2O2. The number of aliphatic hydroxyl groups excluding tert-OH is 1. The summed E-state index contributed by atoms with van der Waals surface area (Å²) in [4.78, 5) is 12.0. The van der Waals surface area contributed by atoms with Crippen LogP contribution in [0.5, 0.6) is 0 Å². The Hall–Kier alpha value is -1.75. The summed E-state index contributed by atoms with van der Waals surface area (Å²) in [7, 11) is 0. The third kappa shape index (κ3) is 4.13. The first kappa shape index (κ1) is 16.6. The van der Waals surface area contributed by atoms with E-state index in [1.54, 1.807) is 36.4 Å². The molecule has 2 aromatic carbocycles. The lowest BCUT2D eigenvalue weighted by atomic mass is 10.2. The van der Waals surface area contributed by atoms with E-state index in [1.165, 1.54) is 0 Å². The molecule has 0 heterocycles. The average Bonchev–Trinajstić information content (AvgIpc) is 2.51. The summed E-state index contributed by atoms with van der Waals surface area (Å²) in [5, 5.41) is 16.0. The van der Waals surface area contributed by atoms with Crippen LogP contribution in [0, 0.1) is 6.92 Å². The molecule has 0 aliphatic carbocycles. The van der Waals surface area contributed by atoms with Gasteiger partial charge in [-0.3, -0.25) is 4.79 Å². The maximum absolute atomic E-state index is 12.0. The Morgan fingerprint density at radius 2 is 1.91 bits per heavy atom. The molecule has 0 fully saturated rings. The van der Waals surface area contributed by atoms with Crippen molar-refractivity contribution in [1.82, 2.24) is 0 Å². The Bertz CT molecular complexity index is 690. The minimum absolute atomic E-state index is 0.0561. The second kappa shape index (κ2) is 7.49. The zero-order chi connectivity index (χ0) is 16.1. The highest BCUT2D eigenvalue weighted by molar-refractivity contribution is 6.33. The number of benzene rings is 2. The van der Waals surface area contributed by atoms with Crippen molar-refractivity contribution in [3.8, 4) is 0 Å². The Kier molecular flexibility index (Phi) is 5.66. The Balaban J connectivity index is 2.00. The Morgan fingerprint density at radius 1 is 1.14 bits per heavy atom. The number of hydrogen-bond acceptors (Lipinski definition) is 3. The van der Waals surface area contributed by atoms with Crippen LogP contribution in [0.15, 0.2) is 36.4 Å². The molecule has 116 valence electrons. The predicted octanol–water partition coefficient (Wildman–Crippen LogP) is 3.84. The third-order valence-corrected chi connectivity index (χ3v) is 3.93.